The molecule has 0 N–H and O–H groups in total. The summed E-state index contributed by atoms with van der Waals surface area (Å²) >= 11 is 0. The van der Waals surface area contributed by atoms with Gasteiger partial charge in [-0.25, -0.2) is 0 Å². The zero-order valence-electron chi connectivity index (χ0n) is 15.8. The van der Waals surface area contributed by atoms with Gasteiger partial charge in [-0.2, -0.15) is 4.98 Å². The predicted octanol–water partition coefficient (Wildman–Crippen LogP) is 5.58. The molecule has 0 fully saturated rings. The highest BCUT2D eigenvalue weighted by Crippen LogP contribution is 2.31. The summed E-state index contributed by atoms with van der Waals surface area (Å²) in [5.74, 6) is 1.01. The lowest BCUT2D eigenvalue weighted by atomic mass is 9.94. The van der Waals surface area contributed by atoms with E-state index < -0.39 is 0 Å². The van der Waals surface area contributed by atoms with Crippen LogP contribution in [0.3, 0.4) is 0 Å². The standard InChI is InChI=1S/C24H20N2O2/c1-16-8-10-18(11-9-16)23-25-24(28-26-23)19-12-13-22(20(14-19)15-27-3)21-7-5-4-6-17(21)2/h1,4-14H,15H2,2-3H3. The number of benzene rings is 3. The summed E-state index contributed by atoms with van der Waals surface area (Å²) in [6.07, 6.45) is 0. The Bertz CT molecular complexity index is 1100. The zero-order valence-corrected chi connectivity index (χ0v) is 15.8. The molecular weight excluding hydrogens is 348 g/mol. The first kappa shape index (κ1) is 18.1. The monoisotopic (exact) mass is 368 g/mol. The Balaban J connectivity index is 1.72. The van der Waals surface area contributed by atoms with Gasteiger partial charge in [0.05, 0.1) is 6.61 Å². The SMILES string of the molecule is [CH]c1ccc(-c2noc(-c3ccc(-c4ccccc4C)c(COC)c3)n2)cc1. The van der Waals surface area contributed by atoms with Crippen molar-refractivity contribution >= 4 is 0 Å². The van der Waals surface area contributed by atoms with Crippen molar-refractivity contribution in [3.63, 3.8) is 0 Å². The van der Waals surface area contributed by atoms with Gasteiger partial charge in [-0.15, -0.1) is 0 Å². The van der Waals surface area contributed by atoms with Crippen LogP contribution in [0.15, 0.2) is 71.3 Å². The summed E-state index contributed by atoms with van der Waals surface area (Å²) in [5, 5.41) is 4.10. The molecule has 4 rings (SSSR count). The fourth-order valence-corrected chi connectivity index (χ4v) is 3.23. The number of hydrogen-bond acceptors (Lipinski definition) is 4. The van der Waals surface area contributed by atoms with Gasteiger partial charge in [-0.3, -0.25) is 0 Å². The molecule has 0 spiro atoms. The number of hydrogen-bond donors (Lipinski definition) is 0. The lowest BCUT2D eigenvalue weighted by Gasteiger charge is -2.12. The van der Waals surface area contributed by atoms with Crippen molar-refractivity contribution in [2.45, 2.75) is 13.5 Å². The molecule has 1 heterocycles. The molecular formula is C24H20N2O2. The molecule has 0 saturated carbocycles. The Morgan fingerprint density at radius 3 is 2.43 bits per heavy atom. The van der Waals surface area contributed by atoms with Crippen molar-refractivity contribution in [2.75, 3.05) is 7.11 Å². The summed E-state index contributed by atoms with van der Waals surface area (Å²) in [4.78, 5) is 4.54. The first-order valence-corrected chi connectivity index (χ1v) is 9.03. The van der Waals surface area contributed by atoms with Crippen molar-refractivity contribution < 1.29 is 9.26 Å². The van der Waals surface area contributed by atoms with E-state index in [0.717, 1.165) is 22.3 Å². The molecule has 4 aromatic rings. The number of methoxy groups -OCH3 is 1. The van der Waals surface area contributed by atoms with Crippen LogP contribution in [0.2, 0.25) is 0 Å². The average Bonchev–Trinajstić information content (AvgIpc) is 3.20. The van der Waals surface area contributed by atoms with Crippen molar-refractivity contribution in [3.8, 4) is 34.0 Å². The molecule has 0 aliphatic carbocycles. The van der Waals surface area contributed by atoms with Crippen molar-refractivity contribution in [2.24, 2.45) is 0 Å². The molecule has 4 nitrogen and oxygen atoms in total. The largest absolute Gasteiger partial charge is 0.380 e. The van der Waals surface area contributed by atoms with Gasteiger partial charge in [0, 0.05) is 18.2 Å². The number of ether oxygens (including phenoxy) is 1. The summed E-state index contributed by atoms with van der Waals surface area (Å²) in [6.45, 7) is 8.35. The first-order chi connectivity index (χ1) is 13.7. The fourth-order valence-electron chi connectivity index (χ4n) is 3.23. The molecule has 4 heteroatoms. The minimum absolute atomic E-state index is 0.473. The Morgan fingerprint density at radius 1 is 0.929 bits per heavy atom. The molecule has 28 heavy (non-hydrogen) atoms. The fraction of sp³-hybridized carbons (Fsp3) is 0.125. The predicted molar refractivity (Wildman–Crippen MR) is 109 cm³/mol. The van der Waals surface area contributed by atoms with E-state index in [2.05, 4.69) is 35.3 Å². The number of nitrogens with zero attached hydrogens (tertiary/aromatic N) is 2. The van der Waals surface area contributed by atoms with Gasteiger partial charge in [0.25, 0.3) is 5.89 Å². The van der Waals surface area contributed by atoms with E-state index in [1.54, 1.807) is 7.11 Å². The van der Waals surface area contributed by atoms with Gasteiger partial charge < -0.3 is 9.26 Å². The maximum atomic E-state index is 5.74. The molecule has 0 aliphatic heterocycles. The van der Waals surface area contributed by atoms with Crippen LogP contribution in [0.5, 0.6) is 0 Å². The third-order valence-corrected chi connectivity index (χ3v) is 4.68. The molecule has 0 amide bonds. The number of aromatic nitrogens is 2. The second-order valence-electron chi connectivity index (χ2n) is 6.67. The van der Waals surface area contributed by atoms with Gasteiger partial charge in [-0.1, -0.05) is 59.8 Å². The molecule has 2 radical (unpaired) electrons. The Labute approximate surface area is 164 Å². The number of aryl methyl sites for hydroxylation is 1. The van der Waals surface area contributed by atoms with Crippen LogP contribution in [0.4, 0.5) is 0 Å². The third kappa shape index (κ3) is 3.59. The van der Waals surface area contributed by atoms with Crippen LogP contribution in [0.25, 0.3) is 34.0 Å². The molecule has 0 saturated heterocycles. The highest BCUT2D eigenvalue weighted by Gasteiger charge is 2.14. The lowest BCUT2D eigenvalue weighted by Crippen LogP contribution is -1.95. The Kier molecular flexibility index (Phi) is 5.04. The smallest absolute Gasteiger partial charge is 0.258 e. The summed E-state index contributed by atoms with van der Waals surface area (Å²) in [5.41, 5.74) is 7.04. The van der Waals surface area contributed by atoms with Crippen molar-refractivity contribution in [1.29, 1.82) is 0 Å². The van der Waals surface area contributed by atoms with E-state index in [-0.39, 0.29) is 0 Å². The van der Waals surface area contributed by atoms with Crippen molar-refractivity contribution in [3.05, 3.63) is 90.3 Å². The average molecular weight is 368 g/mol. The highest BCUT2D eigenvalue weighted by molar-refractivity contribution is 5.74. The third-order valence-electron chi connectivity index (χ3n) is 4.68. The lowest BCUT2D eigenvalue weighted by molar-refractivity contribution is 0.185. The van der Waals surface area contributed by atoms with Crippen LogP contribution in [0.1, 0.15) is 16.7 Å². The molecule has 138 valence electrons. The summed E-state index contributed by atoms with van der Waals surface area (Å²) in [7, 11) is 1.69. The zero-order chi connectivity index (χ0) is 19.5. The topological polar surface area (TPSA) is 48.2 Å². The molecule has 0 unspecified atom stereocenters. The minimum atomic E-state index is 0.473. The van der Waals surface area contributed by atoms with Crippen LogP contribution in [0, 0.1) is 13.8 Å². The van der Waals surface area contributed by atoms with E-state index in [9.17, 15) is 0 Å². The highest BCUT2D eigenvalue weighted by atomic mass is 16.5. The van der Waals surface area contributed by atoms with E-state index in [1.807, 2.05) is 48.5 Å². The van der Waals surface area contributed by atoms with E-state index in [4.69, 9.17) is 16.2 Å². The van der Waals surface area contributed by atoms with Gasteiger partial charge in [0.2, 0.25) is 5.82 Å². The summed E-state index contributed by atoms with van der Waals surface area (Å²) < 4.78 is 10.9. The van der Waals surface area contributed by atoms with Crippen LogP contribution < -0.4 is 0 Å². The van der Waals surface area contributed by atoms with Gasteiger partial charge in [0.1, 0.15) is 0 Å². The number of rotatable bonds is 5. The van der Waals surface area contributed by atoms with E-state index in [1.165, 1.54) is 11.1 Å². The van der Waals surface area contributed by atoms with Crippen molar-refractivity contribution in [1.82, 2.24) is 10.1 Å². The maximum absolute atomic E-state index is 5.74. The van der Waals surface area contributed by atoms with Gasteiger partial charge in [-0.05, 0) is 53.8 Å². The van der Waals surface area contributed by atoms with E-state index >= 15 is 0 Å². The van der Waals surface area contributed by atoms with Crippen LogP contribution in [-0.4, -0.2) is 17.3 Å². The molecule has 0 bridgehead atoms. The molecule has 3 aromatic carbocycles. The Morgan fingerprint density at radius 2 is 1.68 bits per heavy atom. The molecule has 0 atom stereocenters. The van der Waals surface area contributed by atoms with Gasteiger partial charge in [0.15, 0.2) is 0 Å². The molecule has 1 aromatic heterocycles. The normalized spacial score (nSPS) is 11.0. The quantitative estimate of drug-likeness (QED) is 0.461. The second kappa shape index (κ2) is 7.79. The van der Waals surface area contributed by atoms with Crippen LogP contribution >= 0.6 is 0 Å². The maximum Gasteiger partial charge on any atom is 0.258 e. The summed E-state index contributed by atoms with van der Waals surface area (Å²) in [6, 6.07) is 21.8. The first-order valence-electron chi connectivity index (χ1n) is 9.03. The van der Waals surface area contributed by atoms with Gasteiger partial charge >= 0.3 is 0 Å². The second-order valence-corrected chi connectivity index (χ2v) is 6.67. The van der Waals surface area contributed by atoms with E-state index in [0.29, 0.717) is 23.9 Å². The Hall–Kier alpha value is -3.24. The minimum Gasteiger partial charge on any atom is -0.380 e. The molecule has 0 aliphatic rings. The van der Waals surface area contributed by atoms with Crippen LogP contribution in [-0.2, 0) is 11.3 Å².